The molecule has 1 atom stereocenters. The van der Waals surface area contributed by atoms with Crippen LogP contribution in [0.15, 0.2) is 42.5 Å². The van der Waals surface area contributed by atoms with Gasteiger partial charge in [-0.15, -0.1) is 0 Å². The Hall–Kier alpha value is -2.36. The number of rotatable bonds is 2. The lowest BCUT2D eigenvalue weighted by molar-refractivity contribution is -0.132. The Morgan fingerprint density at radius 3 is 2.76 bits per heavy atom. The van der Waals surface area contributed by atoms with Crippen molar-refractivity contribution in [1.82, 2.24) is 10.2 Å². The molecule has 1 fully saturated rings. The van der Waals surface area contributed by atoms with Gasteiger partial charge in [-0.25, -0.2) is 0 Å². The zero-order chi connectivity index (χ0) is 14.8. The monoisotopic (exact) mass is 282 g/mol. The number of carbonyl (C=O) groups excluding carboxylic acids is 2. The average Bonchev–Trinajstić information content (AvgIpc) is 2.60. The zero-order valence-corrected chi connectivity index (χ0v) is 12.0. The maximum atomic E-state index is 12.2. The SMILES string of the molecule is CC1CC(=O)NCC(=O)N1Cc1cccc2ccccc12. The molecule has 4 heteroatoms. The molecule has 0 spiro atoms. The van der Waals surface area contributed by atoms with Crippen LogP contribution >= 0.6 is 0 Å². The van der Waals surface area contributed by atoms with Gasteiger partial charge in [0.1, 0.15) is 0 Å². The van der Waals surface area contributed by atoms with E-state index in [0.29, 0.717) is 13.0 Å². The molecular weight excluding hydrogens is 264 g/mol. The van der Waals surface area contributed by atoms with Crippen LogP contribution in [0.2, 0.25) is 0 Å². The molecule has 1 unspecified atom stereocenters. The van der Waals surface area contributed by atoms with Crippen molar-refractivity contribution in [3.8, 4) is 0 Å². The lowest BCUT2D eigenvalue weighted by Crippen LogP contribution is -2.39. The summed E-state index contributed by atoms with van der Waals surface area (Å²) >= 11 is 0. The first-order valence-electron chi connectivity index (χ1n) is 7.18. The van der Waals surface area contributed by atoms with Crippen LogP contribution in [0.5, 0.6) is 0 Å². The maximum Gasteiger partial charge on any atom is 0.242 e. The Balaban J connectivity index is 1.93. The highest BCUT2D eigenvalue weighted by atomic mass is 16.2. The largest absolute Gasteiger partial charge is 0.347 e. The normalized spacial score (nSPS) is 19.5. The van der Waals surface area contributed by atoms with Gasteiger partial charge in [-0.1, -0.05) is 42.5 Å². The van der Waals surface area contributed by atoms with Crippen molar-refractivity contribution >= 4 is 22.6 Å². The molecule has 4 nitrogen and oxygen atoms in total. The van der Waals surface area contributed by atoms with Gasteiger partial charge in [0, 0.05) is 19.0 Å². The fourth-order valence-corrected chi connectivity index (χ4v) is 2.83. The third-order valence-electron chi connectivity index (χ3n) is 3.99. The smallest absolute Gasteiger partial charge is 0.242 e. The summed E-state index contributed by atoms with van der Waals surface area (Å²) in [5.74, 6) is -0.0856. The minimum absolute atomic E-state index is 0.0266. The molecule has 0 bridgehead atoms. The molecule has 2 amide bonds. The van der Waals surface area contributed by atoms with Crippen molar-refractivity contribution in [1.29, 1.82) is 0 Å². The van der Waals surface area contributed by atoms with Gasteiger partial charge < -0.3 is 10.2 Å². The molecule has 1 saturated heterocycles. The molecule has 1 aliphatic rings. The zero-order valence-electron chi connectivity index (χ0n) is 12.0. The van der Waals surface area contributed by atoms with Crippen molar-refractivity contribution in [2.24, 2.45) is 0 Å². The van der Waals surface area contributed by atoms with Crippen molar-refractivity contribution in [3.05, 3.63) is 48.0 Å². The first kappa shape index (κ1) is 13.6. The van der Waals surface area contributed by atoms with E-state index in [1.165, 1.54) is 5.39 Å². The second kappa shape index (κ2) is 5.56. The molecule has 1 aliphatic heterocycles. The van der Waals surface area contributed by atoms with Gasteiger partial charge in [-0.3, -0.25) is 9.59 Å². The summed E-state index contributed by atoms with van der Waals surface area (Å²) in [6.07, 6.45) is 0.358. The highest BCUT2D eigenvalue weighted by Gasteiger charge is 2.26. The van der Waals surface area contributed by atoms with E-state index in [2.05, 4.69) is 23.5 Å². The predicted molar refractivity (Wildman–Crippen MR) is 81.6 cm³/mol. The molecule has 0 aliphatic carbocycles. The lowest BCUT2D eigenvalue weighted by atomic mass is 10.0. The Morgan fingerprint density at radius 2 is 1.90 bits per heavy atom. The molecule has 21 heavy (non-hydrogen) atoms. The fraction of sp³-hybridized carbons (Fsp3) is 0.294. The Kier molecular flexibility index (Phi) is 3.60. The number of nitrogens with one attached hydrogen (secondary N) is 1. The average molecular weight is 282 g/mol. The maximum absolute atomic E-state index is 12.2. The number of nitrogens with zero attached hydrogens (tertiary/aromatic N) is 1. The topological polar surface area (TPSA) is 49.4 Å². The van der Waals surface area contributed by atoms with Crippen molar-refractivity contribution in [2.45, 2.75) is 25.9 Å². The van der Waals surface area contributed by atoms with Crippen LogP contribution < -0.4 is 5.32 Å². The molecule has 1 N–H and O–H groups in total. The first-order valence-corrected chi connectivity index (χ1v) is 7.18. The van der Waals surface area contributed by atoms with Crippen molar-refractivity contribution in [2.75, 3.05) is 6.54 Å². The van der Waals surface area contributed by atoms with Crippen LogP contribution in [-0.2, 0) is 16.1 Å². The van der Waals surface area contributed by atoms with Crippen LogP contribution in [0.3, 0.4) is 0 Å². The standard InChI is InChI=1S/C17H18N2O2/c1-12-9-16(20)18-10-17(21)19(12)11-14-7-4-6-13-5-2-3-8-15(13)14/h2-8,12H,9-11H2,1H3,(H,18,20). The van der Waals surface area contributed by atoms with E-state index in [9.17, 15) is 9.59 Å². The molecule has 0 radical (unpaired) electrons. The van der Waals surface area contributed by atoms with E-state index >= 15 is 0 Å². The number of benzene rings is 2. The van der Waals surface area contributed by atoms with E-state index < -0.39 is 0 Å². The van der Waals surface area contributed by atoms with Gasteiger partial charge in [0.15, 0.2) is 0 Å². The molecule has 2 aromatic rings. The number of fused-ring (bicyclic) bond motifs is 1. The van der Waals surface area contributed by atoms with E-state index in [1.807, 2.05) is 31.2 Å². The van der Waals surface area contributed by atoms with E-state index in [4.69, 9.17) is 0 Å². The highest BCUT2D eigenvalue weighted by molar-refractivity contribution is 5.89. The van der Waals surface area contributed by atoms with E-state index in [1.54, 1.807) is 4.90 Å². The van der Waals surface area contributed by atoms with E-state index in [0.717, 1.165) is 10.9 Å². The Bertz CT molecular complexity index is 691. The fourth-order valence-electron chi connectivity index (χ4n) is 2.83. The first-order chi connectivity index (χ1) is 10.1. The van der Waals surface area contributed by atoms with Gasteiger partial charge in [0.25, 0.3) is 0 Å². The van der Waals surface area contributed by atoms with Gasteiger partial charge in [-0.2, -0.15) is 0 Å². The molecule has 0 saturated carbocycles. The molecule has 2 aromatic carbocycles. The van der Waals surface area contributed by atoms with Gasteiger partial charge in [0.2, 0.25) is 11.8 Å². The molecule has 0 aromatic heterocycles. The quantitative estimate of drug-likeness (QED) is 0.916. The summed E-state index contributed by atoms with van der Waals surface area (Å²) < 4.78 is 0. The van der Waals surface area contributed by atoms with Gasteiger partial charge >= 0.3 is 0 Å². The summed E-state index contributed by atoms with van der Waals surface area (Å²) in [5.41, 5.74) is 1.11. The minimum atomic E-state index is -0.0843. The predicted octanol–water partition coefficient (Wildman–Crippen LogP) is 2.08. The third-order valence-corrected chi connectivity index (χ3v) is 3.99. The summed E-state index contributed by atoms with van der Waals surface area (Å²) in [4.78, 5) is 25.6. The second-order valence-electron chi connectivity index (χ2n) is 5.49. The molecule has 3 rings (SSSR count). The minimum Gasteiger partial charge on any atom is -0.347 e. The van der Waals surface area contributed by atoms with Crippen molar-refractivity contribution in [3.63, 3.8) is 0 Å². The van der Waals surface area contributed by atoms with Crippen LogP contribution in [0.25, 0.3) is 10.8 Å². The highest BCUT2D eigenvalue weighted by Crippen LogP contribution is 2.21. The number of amides is 2. The summed E-state index contributed by atoms with van der Waals surface area (Å²) in [5, 5.41) is 4.97. The summed E-state index contributed by atoms with van der Waals surface area (Å²) in [6, 6.07) is 14.2. The number of hydrogen-bond donors (Lipinski definition) is 1. The van der Waals surface area contributed by atoms with Crippen LogP contribution in [0.1, 0.15) is 18.9 Å². The van der Waals surface area contributed by atoms with Crippen LogP contribution in [0.4, 0.5) is 0 Å². The second-order valence-corrected chi connectivity index (χ2v) is 5.49. The number of hydrogen-bond acceptors (Lipinski definition) is 2. The van der Waals surface area contributed by atoms with Gasteiger partial charge in [0.05, 0.1) is 6.54 Å². The van der Waals surface area contributed by atoms with Gasteiger partial charge in [-0.05, 0) is 23.3 Å². The number of carbonyl (C=O) groups is 2. The Labute approximate surface area is 123 Å². The van der Waals surface area contributed by atoms with Crippen LogP contribution in [0, 0.1) is 0 Å². The van der Waals surface area contributed by atoms with Crippen molar-refractivity contribution < 1.29 is 9.59 Å². The molecule has 108 valence electrons. The van der Waals surface area contributed by atoms with Crippen LogP contribution in [-0.4, -0.2) is 29.3 Å². The Morgan fingerprint density at radius 1 is 1.14 bits per heavy atom. The molecular formula is C17H18N2O2. The summed E-state index contributed by atoms with van der Waals surface area (Å²) in [6.45, 7) is 2.55. The lowest BCUT2D eigenvalue weighted by Gasteiger charge is -2.27. The van der Waals surface area contributed by atoms with E-state index in [-0.39, 0.29) is 24.4 Å². The third kappa shape index (κ3) is 2.75. The molecule has 1 heterocycles. The summed E-state index contributed by atoms with van der Waals surface area (Å²) in [7, 11) is 0.